The van der Waals surface area contributed by atoms with E-state index in [-0.39, 0.29) is 65.0 Å². The Hall–Kier alpha value is 0.686. The van der Waals surface area contributed by atoms with E-state index in [9.17, 15) is 18.0 Å². The topological polar surface area (TPSA) is 97.7 Å². The predicted molar refractivity (Wildman–Crippen MR) is 163 cm³/mol. The van der Waals surface area contributed by atoms with Gasteiger partial charge in [0.05, 0.1) is 6.61 Å². The van der Waals surface area contributed by atoms with Crippen LogP contribution in [-0.2, 0) is 23.9 Å². The number of carbonyl (C=O) groups is 2. The second-order valence-corrected chi connectivity index (χ2v) is 13.1. The van der Waals surface area contributed by atoms with Crippen LogP contribution in [0, 0.1) is 5.92 Å². The summed E-state index contributed by atoms with van der Waals surface area (Å²) in [6, 6.07) is 0. The van der Waals surface area contributed by atoms with E-state index < -0.39 is 34.4 Å². The second kappa shape index (κ2) is 31.1. The van der Waals surface area contributed by atoms with Crippen molar-refractivity contribution < 1.29 is 80.1 Å². The Labute approximate surface area is 292 Å². The fourth-order valence-electron chi connectivity index (χ4n) is 5.07. The summed E-state index contributed by atoms with van der Waals surface area (Å²) in [7, 11) is -4.16. The first-order valence-electron chi connectivity index (χ1n) is 16.5. The number of aliphatic hydroxyl groups is 1. The van der Waals surface area contributed by atoms with Gasteiger partial charge < -0.3 is 10.7 Å². The van der Waals surface area contributed by atoms with Crippen molar-refractivity contribution in [2.75, 3.05) is 12.4 Å². The van der Waals surface area contributed by atoms with Crippen LogP contribution in [-0.4, -0.2) is 37.6 Å². The number of hydrogen-bond donors (Lipinski definition) is 1. The molecular formula is C32H63KO6S. The fourth-order valence-corrected chi connectivity index (χ4v) is 5.75. The number of Topliss-reactive ketones (excluding diaryl/α,β-unsaturated/α-hetero) is 1. The van der Waals surface area contributed by atoms with Gasteiger partial charge in [-0.05, 0) is 12.8 Å². The van der Waals surface area contributed by atoms with Crippen LogP contribution in [0.15, 0.2) is 0 Å². The molecule has 1 N–H and O–H groups in total. The summed E-state index contributed by atoms with van der Waals surface area (Å²) < 4.78 is 28.4. The summed E-state index contributed by atoms with van der Waals surface area (Å²) in [5, 5.41) is 8.92. The van der Waals surface area contributed by atoms with Gasteiger partial charge in [0.1, 0.15) is 17.5 Å². The molecular weight excluding hydrogens is 552 g/mol. The largest absolute Gasteiger partial charge is 1.00 e. The minimum absolute atomic E-state index is 0. The zero-order chi connectivity index (χ0) is 29.0. The number of rotatable bonds is 30. The van der Waals surface area contributed by atoms with Crippen molar-refractivity contribution >= 4 is 21.9 Å². The van der Waals surface area contributed by atoms with Gasteiger partial charge in [0.25, 0.3) is 0 Å². The minimum atomic E-state index is -4.16. The smallest absolute Gasteiger partial charge is 1.00 e. The molecule has 0 bridgehead atoms. The first kappa shape index (κ1) is 42.8. The molecule has 0 saturated carbocycles. The molecule has 0 saturated heterocycles. The Morgan fingerprint density at radius 3 is 1.35 bits per heavy atom. The molecule has 1 unspecified atom stereocenters. The van der Waals surface area contributed by atoms with Crippen molar-refractivity contribution in [3.63, 3.8) is 0 Å². The van der Waals surface area contributed by atoms with E-state index in [1.165, 1.54) is 103 Å². The molecule has 234 valence electrons. The molecule has 0 aromatic heterocycles. The molecule has 0 aromatic rings. The molecule has 0 aromatic carbocycles. The summed E-state index contributed by atoms with van der Waals surface area (Å²) in [5.74, 6) is -2.85. The van der Waals surface area contributed by atoms with Gasteiger partial charge in [-0.15, -0.1) is 0 Å². The predicted octanol–water partition coefficient (Wildman–Crippen LogP) is 5.95. The zero-order valence-corrected chi connectivity index (χ0v) is 30.5. The average Bonchev–Trinajstić information content (AvgIpc) is 2.89. The molecule has 8 heteroatoms. The van der Waals surface area contributed by atoms with Crippen molar-refractivity contribution in [1.82, 2.24) is 0 Å². The molecule has 1 atom stereocenters. The molecule has 0 fully saturated rings. The van der Waals surface area contributed by atoms with E-state index in [1.807, 2.05) is 0 Å². The number of unbranched alkanes of at least 4 members (excludes halogenated alkanes) is 21. The van der Waals surface area contributed by atoms with Gasteiger partial charge >= 0.3 is 67.5 Å². The normalized spacial score (nSPS) is 12.2. The van der Waals surface area contributed by atoms with Crippen LogP contribution in [0.25, 0.3) is 0 Å². The Balaban J connectivity index is -0.00000722. The fraction of sp³-hybridized carbons (Fsp3) is 0.938. The van der Waals surface area contributed by atoms with Gasteiger partial charge in [0.15, 0.2) is 0 Å². The van der Waals surface area contributed by atoms with E-state index in [0.29, 0.717) is 12.8 Å². The van der Waals surface area contributed by atoms with Gasteiger partial charge in [-0.2, -0.15) is 8.42 Å². The van der Waals surface area contributed by atoms with E-state index in [4.69, 9.17) is 5.11 Å². The molecule has 0 radical (unpaired) electrons. The van der Waals surface area contributed by atoms with Crippen molar-refractivity contribution in [3.05, 3.63) is 0 Å². The van der Waals surface area contributed by atoms with Crippen molar-refractivity contribution in [1.29, 1.82) is 0 Å². The maximum atomic E-state index is 12.9. The number of aliphatic hydroxyl groups excluding tert-OH is 1. The maximum absolute atomic E-state index is 12.9. The molecule has 0 rings (SSSR count). The third kappa shape index (κ3) is 27.5. The van der Waals surface area contributed by atoms with Crippen LogP contribution in [0.1, 0.15) is 176 Å². The van der Waals surface area contributed by atoms with Gasteiger partial charge in [-0.3, -0.25) is 9.59 Å². The molecule has 0 amide bonds. The Morgan fingerprint density at radius 2 is 0.975 bits per heavy atom. The van der Waals surface area contributed by atoms with Crippen LogP contribution < -0.4 is 51.4 Å². The quantitative estimate of drug-likeness (QED) is 0.0465. The molecule has 0 aliphatic carbocycles. The first-order chi connectivity index (χ1) is 18.9. The summed E-state index contributed by atoms with van der Waals surface area (Å²) in [6.45, 7) is 3.84. The van der Waals surface area contributed by atoms with Gasteiger partial charge in [0.2, 0.25) is 0 Å². The van der Waals surface area contributed by atoms with E-state index >= 15 is 0 Å². The molecule has 0 aliphatic heterocycles. The third-order valence-corrected chi connectivity index (χ3v) is 8.70. The van der Waals surface area contributed by atoms with Crippen LogP contribution in [0.2, 0.25) is 0 Å². The first-order valence-corrected chi connectivity index (χ1v) is 18.0. The Kier molecular flexibility index (Phi) is 33.3. The summed E-state index contributed by atoms with van der Waals surface area (Å²) >= 11 is 0. The van der Waals surface area contributed by atoms with Gasteiger partial charge in [-0.25, -0.2) is 0 Å². The second-order valence-electron chi connectivity index (χ2n) is 11.4. The maximum Gasteiger partial charge on any atom is 1.00 e. The van der Waals surface area contributed by atoms with Crippen LogP contribution in [0.4, 0.5) is 0 Å². The van der Waals surface area contributed by atoms with Crippen molar-refractivity contribution in [2.45, 2.75) is 174 Å². The number of carbonyl (C=O) groups excluding carboxylic acids is 2. The van der Waals surface area contributed by atoms with Crippen LogP contribution >= 0.6 is 0 Å². The Morgan fingerprint density at radius 1 is 0.625 bits per heavy atom. The summed E-state index contributed by atoms with van der Waals surface area (Å²) in [5.41, 5.74) is 0. The van der Waals surface area contributed by atoms with E-state index in [1.54, 1.807) is 0 Å². The Bertz CT molecular complexity index is 690. The summed E-state index contributed by atoms with van der Waals surface area (Å²) in [6.07, 6.45) is 27.9. The molecule has 0 heterocycles. The molecule has 0 spiro atoms. The number of hydrogen-bond acceptors (Lipinski definition) is 6. The zero-order valence-electron chi connectivity index (χ0n) is 27.6. The van der Waals surface area contributed by atoms with E-state index in [2.05, 4.69) is 18.0 Å². The van der Waals surface area contributed by atoms with Gasteiger partial charge in [0, 0.05) is 6.42 Å². The SMILES string of the molecule is CCCCCCCCCCCCCCCCC(C(=O)CCCCCCCCCCC)C(=O)OS(=O)(=O)CCO.[H-].[K+]. The van der Waals surface area contributed by atoms with Crippen molar-refractivity contribution in [3.8, 4) is 0 Å². The van der Waals surface area contributed by atoms with E-state index in [0.717, 1.165) is 38.5 Å². The minimum Gasteiger partial charge on any atom is -1.00 e. The van der Waals surface area contributed by atoms with Crippen LogP contribution in [0.5, 0.6) is 0 Å². The monoisotopic (exact) mass is 614 g/mol. The molecule has 40 heavy (non-hydrogen) atoms. The van der Waals surface area contributed by atoms with Crippen molar-refractivity contribution in [2.24, 2.45) is 5.92 Å². The average molecular weight is 615 g/mol. The van der Waals surface area contributed by atoms with Gasteiger partial charge in [-0.1, -0.05) is 155 Å². The molecule has 0 aliphatic rings. The van der Waals surface area contributed by atoms with Crippen LogP contribution in [0.3, 0.4) is 0 Å². The molecule has 6 nitrogen and oxygen atoms in total. The third-order valence-electron chi connectivity index (χ3n) is 7.60. The summed E-state index contributed by atoms with van der Waals surface area (Å²) in [4.78, 5) is 25.5. The standard InChI is InChI=1S/C32H62O6S.K.H/c1-3-5-7-9-11-13-14-15-16-17-19-20-22-24-26-30(32(35)38-39(36,37)29-28-33)31(34)27-25-23-21-18-12-10-8-6-4-2;;/h30,33H,3-29H2,1-2H3;;/q;+1;-1. The number of ketones is 1.